The van der Waals surface area contributed by atoms with Gasteiger partial charge in [0, 0.05) is 55.0 Å². The average Bonchev–Trinajstić information content (AvgIpc) is 3.83. The minimum Gasteiger partial charge on any atom is -0.355 e. The van der Waals surface area contributed by atoms with E-state index in [9.17, 15) is 0 Å². The van der Waals surface area contributed by atoms with Crippen LogP contribution in [0.15, 0.2) is 158 Å². The van der Waals surface area contributed by atoms with Gasteiger partial charge >= 0.3 is 0 Å². The van der Waals surface area contributed by atoms with Crippen molar-refractivity contribution in [1.29, 1.82) is 0 Å². The Balaban J connectivity index is 0.995. The molecule has 0 fully saturated rings. The first-order valence-electron chi connectivity index (χ1n) is 20.6. The van der Waals surface area contributed by atoms with Crippen LogP contribution in [0.5, 0.6) is 0 Å². The molecule has 7 aromatic carbocycles. The Bertz CT molecular complexity index is 3220. The van der Waals surface area contributed by atoms with Crippen LogP contribution >= 0.6 is 0 Å². The van der Waals surface area contributed by atoms with Crippen LogP contribution in [0.3, 0.4) is 0 Å². The highest BCUT2D eigenvalue weighted by atomic mass is 15.0. The number of rotatable bonds is 5. The third-order valence-corrected chi connectivity index (χ3v) is 14.3. The van der Waals surface area contributed by atoms with Gasteiger partial charge in [0.2, 0.25) is 0 Å². The molecular formula is C54H45N5. The Labute approximate surface area is 344 Å². The van der Waals surface area contributed by atoms with E-state index in [0.717, 1.165) is 27.9 Å². The fourth-order valence-corrected chi connectivity index (χ4v) is 9.74. The van der Waals surface area contributed by atoms with E-state index in [2.05, 4.69) is 148 Å². The smallest absolute Gasteiger partial charge is 0.164 e. The molecule has 0 saturated carbocycles. The Hall–Kier alpha value is -6.85. The Morgan fingerprint density at radius 1 is 0.390 bits per heavy atom. The molecule has 3 aromatic heterocycles. The largest absolute Gasteiger partial charge is 0.355 e. The van der Waals surface area contributed by atoms with E-state index < -0.39 is 0 Å². The van der Waals surface area contributed by atoms with Gasteiger partial charge in [0.15, 0.2) is 17.5 Å². The van der Waals surface area contributed by atoms with Crippen molar-refractivity contribution in [2.75, 3.05) is 0 Å². The number of hydrogen-bond donors (Lipinski definition) is 1. The summed E-state index contributed by atoms with van der Waals surface area (Å²) < 4.78 is 2.37. The number of fused-ring (bicyclic) bond motifs is 7. The van der Waals surface area contributed by atoms with Crippen molar-refractivity contribution in [3.8, 4) is 51.0 Å². The van der Waals surface area contributed by atoms with Gasteiger partial charge in [0.25, 0.3) is 0 Å². The molecule has 1 aliphatic carbocycles. The fourth-order valence-electron chi connectivity index (χ4n) is 9.74. The summed E-state index contributed by atoms with van der Waals surface area (Å²) in [6.07, 6.45) is 0. The molecule has 1 N–H and O–H groups in total. The maximum absolute atomic E-state index is 4.96. The lowest BCUT2D eigenvalue weighted by molar-refractivity contribution is 0.125. The van der Waals surface area contributed by atoms with E-state index in [4.69, 9.17) is 15.0 Å². The number of aromatic amines is 1. The molecule has 3 heterocycles. The van der Waals surface area contributed by atoms with Gasteiger partial charge in [0.1, 0.15) is 0 Å². The SMILES string of the molecule is CC1(C)c2cc3[nH]c4ccc(-c5ccc6c(c5)c5ccccc5n6-c5ccc(-c6nc(-c7ccccc7)nc(-c7ccccc7)n6)cc5)cc4c3cc2C(C)(C)C1(C)C. The first kappa shape index (κ1) is 35.3. The highest BCUT2D eigenvalue weighted by Crippen LogP contribution is 2.62. The lowest BCUT2D eigenvalue weighted by atomic mass is 9.59. The summed E-state index contributed by atoms with van der Waals surface area (Å²) in [4.78, 5) is 18.6. The standard InChI is InChI=1S/C54H45N5/c1-52(2)43-31-41-40-29-36(23-27-45(40)55-46(41)32-44(43)53(3,4)54(52,5)6)37-24-28-48-42(30-37)39-19-13-14-20-47(39)59(48)38-25-21-35(22-26-38)51-57-49(33-15-9-7-10-16-33)56-50(58-51)34-17-11-8-12-18-34/h7-32,55H,1-6H3. The number of benzene rings is 7. The van der Waals surface area contributed by atoms with Gasteiger partial charge < -0.3 is 9.55 Å². The van der Waals surface area contributed by atoms with Crippen LogP contribution in [-0.4, -0.2) is 24.5 Å². The molecule has 0 radical (unpaired) electrons. The predicted octanol–water partition coefficient (Wildman–Crippen LogP) is 13.9. The molecule has 286 valence electrons. The van der Waals surface area contributed by atoms with Crippen molar-refractivity contribution in [1.82, 2.24) is 24.5 Å². The maximum atomic E-state index is 4.96. The van der Waals surface area contributed by atoms with Crippen molar-refractivity contribution >= 4 is 43.6 Å². The second kappa shape index (κ2) is 12.6. The molecule has 0 unspecified atom stereocenters. The van der Waals surface area contributed by atoms with E-state index in [-0.39, 0.29) is 16.2 Å². The lowest BCUT2D eigenvalue weighted by Crippen LogP contribution is -2.42. The number of hydrogen-bond acceptors (Lipinski definition) is 3. The minimum atomic E-state index is 0.0470. The summed E-state index contributed by atoms with van der Waals surface area (Å²) in [5, 5.41) is 5.02. The van der Waals surface area contributed by atoms with E-state index in [1.54, 1.807) is 0 Å². The molecular weight excluding hydrogens is 719 g/mol. The van der Waals surface area contributed by atoms with Crippen molar-refractivity contribution in [3.05, 3.63) is 169 Å². The van der Waals surface area contributed by atoms with Gasteiger partial charge in [-0.3, -0.25) is 0 Å². The molecule has 0 spiro atoms. The zero-order valence-electron chi connectivity index (χ0n) is 34.3. The van der Waals surface area contributed by atoms with Gasteiger partial charge in [-0.05, 0) is 105 Å². The summed E-state index contributed by atoms with van der Waals surface area (Å²) in [6.45, 7) is 14.5. The molecule has 1 aliphatic rings. The maximum Gasteiger partial charge on any atom is 0.164 e. The molecule has 0 saturated heterocycles. The summed E-state index contributed by atoms with van der Waals surface area (Å²) in [5.41, 5.74) is 14.2. The summed E-state index contributed by atoms with van der Waals surface area (Å²) in [7, 11) is 0. The van der Waals surface area contributed by atoms with Crippen molar-refractivity contribution in [3.63, 3.8) is 0 Å². The average molecular weight is 764 g/mol. The second-order valence-corrected chi connectivity index (χ2v) is 17.9. The monoisotopic (exact) mass is 763 g/mol. The Kier molecular flexibility index (Phi) is 7.53. The normalized spacial score (nSPS) is 15.4. The quantitative estimate of drug-likeness (QED) is 0.190. The molecule has 10 aromatic rings. The predicted molar refractivity (Wildman–Crippen MR) is 245 cm³/mol. The minimum absolute atomic E-state index is 0.0470. The topological polar surface area (TPSA) is 59.4 Å². The Morgan fingerprint density at radius 3 is 1.49 bits per heavy atom. The summed E-state index contributed by atoms with van der Waals surface area (Å²) >= 11 is 0. The lowest BCUT2D eigenvalue weighted by Gasteiger charge is -2.44. The van der Waals surface area contributed by atoms with Gasteiger partial charge in [-0.2, -0.15) is 0 Å². The molecule has 0 amide bonds. The van der Waals surface area contributed by atoms with E-state index in [0.29, 0.717) is 17.5 Å². The number of nitrogens with zero attached hydrogens (tertiary/aromatic N) is 4. The molecule has 0 aliphatic heterocycles. The van der Waals surface area contributed by atoms with Gasteiger partial charge in [-0.1, -0.05) is 133 Å². The van der Waals surface area contributed by atoms with Crippen LogP contribution < -0.4 is 0 Å². The highest BCUT2D eigenvalue weighted by molar-refractivity contribution is 6.12. The number of H-pyrrole nitrogens is 1. The third-order valence-electron chi connectivity index (χ3n) is 14.3. The molecule has 11 rings (SSSR count). The number of aromatic nitrogens is 5. The first-order valence-corrected chi connectivity index (χ1v) is 20.6. The molecule has 5 nitrogen and oxygen atoms in total. The van der Waals surface area contributed by atoms with Crippen LogP contribution in [0.1, 0.15) is 52.7 Å². The van der Waals surface area contributed by atoms with E-state index in [1.165, 1.54) is 60.3 Å². The second-order valence-electron chi connectivity index (χ2n) is 17.9. The van der Waals surface area contributed by atoms with Crippen molar-refractivity contribution in [2.24, 2.45) is 5.41 Å². The van der Waals surface area contributed by atoms with Gasteiger partial charge in [-0.25, -0.2) is 15.0 Å². The van der Waals surface area contributed by atoms with Crippen LogP contribution in [0.25, 0.3) is 94.6 Å². The third kappa shape index (κ3) is 5.20. The van der Waals surface area contributed by atoms with Crippen molar-refractivity contribution < 1.29 is 0 Å². The fraction of sp³-hybridized carbons (Fsp3) is 0.167. The first-order chi connectivity index (χ1) is 28.5. The molecule has 0 atom stereocenters. The van der Waals surface area contributed by atoms with Crippen LogP contribution in [0.2, 0.25) is 0 Å². The number of nitrogens with one attached hydrogen (secondary N) is 1. The highest BCUT2D eigenvalue weighted by Gasteiger charge is 2.56. The zero-order valence-corrected chi connectivity index (χ0v) is 34.3. The van der Waals surface area contributed by atoms with Crippen LogP contribution in [-0.2, 0) is 10.8 Å². The van der Waals surface area contributed by atoms with Crippen LogP contribution in [0.4, 0.5) is 0 Å². The summed E-state index contributed by atoms with van der Waals surface area (Å²) in [5.74, 6) is 1.95. The summed E-state index contributed by atoms with van der Waals surface area (Å²) in [6, 6.07) is 56.3. The zero-order chi connectivity index (χ0) is 40.3. The molecule has 5 heteroatoms. The van der Waals surface area contributed by atoms with E-state index in [1.807, 2.05) is 60.7 Å². The van der Waals surface area contributed by atoms with Crippen LogP contribution in [0, 0.1) is 5.41 Å². The molecule has 0 bridgehead atoms. The molecule has 59 heavy (non-hydrogen) atoms. The van der Waals surface area contributed by atoms with Gasteiger partial charge in [0.05, 0.1) is 11.0 Å². The van der Waals surface area contributed by atoms with E-state index >= 15 is 0 Å². The Morgan fingerprint density at radius 2 is 0.864 bits per heavy atom. The van der Waals surface area contributed by atoms with Crippen molar-refractivity contribution in [2.45, 2.75) is 52.4 Å². The van der Waals surface area contributed by atoms with Gasteiger partial charge in [-0.15, -0.1) is 0 Å². The number of para-hydroxylation sites is 1.